The summed E-state index contributed by atoms with van der Waals surface area (Å²) in [5.41, 5.74) is 0. The number of hydrogen-bond donors (Lipinski definition) is 8. The minimum absolute atomic E-state index is 0.248. The fourth-order valence-electron chi connectivity index (χ4n) is 7.87. The predicted octanol–water partition coefficient (Wildman–Crippen LogP) is 8.62. The zero-order chi connectivity index (χ0) is 44.1. The van der Waals surface area contributed by atoms with Crippen LogP contribution in [0.5, 0.6) is 0 Å². The van der Waals surface area contributed by atoms with Gasteiger partial charge in [0.15, 0.2) is 6.29 Å². The molecule has 1 aliphatic heterocycles. The van der Waals surface area contributed by atoms with Gasteiger partial charge in [-0.15, -0.1) is 0 Å². The van der Waals surface area contributed by atoms with Crippen LogP contribution in [0.2, 0.25) is 0 Å². The number of rotatable bonds is 41. The van der Waals surface area contributed by atoms with Gasteiger partial charge < -0.3 is 50.5 Å². The third kappa shape index (κ3) is 28.3. The summed E-state index contributed by atoms with van der Waals surface area (Å²) in [5, 5.41) is 75.4. The Labute approximate surface area is 365 Å². The van der Waals surface area contributed by atoms with Crippen LogP contribution in [-0.2, 0) is 14.3 Å². The molecule has 60 heavy (non-hydrogen) atoms. The van der Waals surface area contributed by atoms with Crippen molar-refractivity contribution in [2.24, 2.45) is 0 Å². The van der Waals surface area contributed by atoms with E-state index in [1.807, 2.05) is 0 Å². The van der Waals surface area contributed by atoms with Crippen LogP contribution in [-0.4, -0.2) is 110 Å². The van der Waals surface area contributed by atoms with Crippen molar-refractivity contribution in [2.75, 3.05) is 13.2 Å². The molecular formula is C49H93NO10. The number of ether oxygens (including phenoxy) is 2. The van der Waals surface area contributed by atoms with E-state index in [2.05, 4.69) is 43.5 Å². The van der Waals surface area contributed by atoms with E-state index in [-0.39, 0.29) is 12.8 Å². The Balaban J connectivity index is 2.34. The Morgan fingerprint density at radius 3 is 1.48 bits per heavy atom. The summed E-state index contributed by atoms with van der Waals surface area (Å²) in [6.45, 7) is 3.38. The van der Waals surface area contributed by atoms with Gasteiger partial charge in [-0.25, -0.2) is 0 Å². The Hall–Kier alpha value is -1.41. The lowest BCUT2D eigenvalue weighted by Crippen LogP contribution is -2.60. The van der Waals surface area contributed by atoms with Crippen LogP contribution in [0.15, 0.2) is 24.3 Å². The standard InChI is InChI=1S/C49H93NO10/c1-3-5-7-9-11-13-14-15-16-17-18-19-20-21-22-23-24-25-26-27-28-29-31-32-34-36-41(52)44(54)40(39-59-49-47(57)46(56)45(55)43(38-51)60-49)50-48(58)42(53)37-35-33-30-12-10-8-6-4-2/h25-26,29,31,40-47,49,51-57H,3-24,27-28,30,32-39H2,1-2H3,(H,50,58)/b26-25+,31-29+. The first-order valence-corrected chi connectivity index (χ1v) is 24.7. The summed E-state index contributed by atoms with van der Waals surface area (Å²) in [5.74, 6) is -0.714. The molecule has 0 bridgehead atoms. The van der Waals surface area contributed by atoms with Crippen molar-refractivity contribution in [1.29, 1.82) is 0 Å². The average Bonchev–Trinajstić information content (AvgIpc) is 3.25. The van der Waals surface area contributed by atoms with Crippen LogP contribution in [0.25, 0.3) is 0 Å². The van der Waals surface area contributed by atoms with E-state index >= 15 is 0 Å². The van der Waals surface area contributed by atoms with Crippen molar-refractivity contribution in [3.63, 3.8) is 0 Å². The second-order valence-corrected chi connectivity index (χ2v) is 17.5. The summed E-state index contributed by atoms with van der Waals surface area (Å²) >= 11 is 0. The molecule has 354 valence electrons. The average molecular weight is 856 g/mol. The van der Waals surface area contributed by atoms with Crippen molar-refractivity contribution >= 4 is 5.91 Å². The van der Waals surface area contributed by atoms with Gasteiger partial charge in [-0.05, 0) is 51.4 Å². The van der Waals surface area contributed by atoms with Crippen LogP contribution < -0.4 is 5.32 Å². The Bertz CT molecular complexity index is 1030. The minimum Gasteiger partial charge on any atom is -0.394 e. The van der Waals surface area contributed by atoms with Gasteiger partial charge in [0.1, 0.15) is 36.6 Å². The van der Waals surface area contributed by atoms with Crippen molar-refractivity contribution in [3.05, 3.63) is 24.3 Å². The molecule has 11 nitrogen and oxygen atoms in total. The van der Waals surface area contributed by atoms with Crippen molar-refractivity contribution in [3.8, 4) is 0 Å². The number of nitrogens with one attached hydrogen (secondary N) is 1. The summed E-state index contributed by atoms with van der Waals surface area (Å²) in [4.78, 5) is 13.0. The quantitative estimate of drug-likeness (QED) is 0.0218. The molecule has 9 unspecified atom stereocenters. The lowest BCUT2D eigenvalue weighted by atomic mass is 9.98. The topological polar surface area (TPSA) is 189 Å². The van der Waals surface area contributed by atoms with Gasteiger partial charge in [-0.1, -0.05) is 186 Å². The fraction of sp³-hybridized carbons (Fsp3) is 0.898. The first kappa shape index (κ1) is 56.6. The Morgan fingerprint density at radius 1 is 0.567 bits per heavy atom. The molecule has 0 radical (unpaired) electrons. The number of hydrogen-bond acceptors (Lipinski definition) is 10. The van der Waals surface area contributed by atoms with E-state index in [4.69, 9.17) is 9.47 Å². The van der Waals surface area contributed by atoms with Crippen LogP contribution in [0.1, 0.15) is 213 Å². The van der Waals surface area contributed by atoms with Gasteiger partial charge in [0.25, 0.3) is 0 Å². The molecule has 0 spiro atoms. The number of amides is 1. The van der Waals surface area contributed by atoms with Gasteiger partial charge in [-0.2, -0.15) is 0 Å². The molecule has 0 aliphatic carbocycles. The number of unbranched alkanes of at least 4 members (excludes halogenated alkanes) is 25. The molecule has 1 rings (SSSR count). The normalized spacial score (nSPS) is 21.8. The number of allylic oxidation sites excluding steroid dienone is 4. The third-order valence-electron chi connectivity index (χ3n) is 12.0. The van der Waals surface area contributed by atoms with Crippen molar-refractivity contribution < 1.29 is 50.0 Å². The molecule has 9 atom stereocenters. The Morgan fingerprint density at radius 2 is 1.00 bits per heavy atom. The zero-order valence-corrected chi connectivity index (χ0v) is 38.2. The maximum absolute atomic E-state index is 13.0. The lowest BCUT2D eigenvalue weighted by Gasteiger charge is -2.40. The van der Waals surface area contributed by atoms with Crippen LogP contribution >= 0.6 is 0 Å². The second kappa shape index (κ2) is 39.2. The van der Waals surface area contributed by atoms with E-state index in [0.717, 1.165) is 38.5 Å². The monoisotopic (exact) mass is 856 g/mol. The summed E-state index contributed by atoms with van der Waals surface area (Å²) in [6, 6.07) is -1.19. The second-order valence-electron chi connectivity index (χ2n) is 17.5. The molecule has 8 N–H and O–H groups in total. The minimum atomic E-state index is -1.67. The van der Waals surface area contributed by atoms with E-state index in [1.54, 1.807) is 0 Å². The van der Waals surface area contributed by atoms with E-state index in [1.165, 1.54) is 128 Å². The molecule has 0 aromatic carbocycles. The highest BCUT2D eigenvalue weighted by Crippen LogP contribution is 2.23. The van der Waals surface area contributed by atoms with E-state index < -0.39 is 74.2 Å². The SMILES string of the molecule is CCCCCCCCCCCCCCCCCC/C=C/CC/C=C/CCCC(O)C(O)C(COC1OC(CO)C(O)C(O)C1O)NC(=O)C(O)CCCCCCCCCC. The Kier molecular flexibility index (Phi) is 37.0. The van der Waals surface area contributed by atoms with Crippen LogP contribution in [0, 0.1) is 0 Å². The molecule has 0 aromatic rings. The lowest BCUT2D eigenvalue weighted by molar-refractivity contribution is -0.303. The molecule has 1 saturated heterocycles. The summed E-state index contributed by atoms with van der Waals surface area (Å²) in [6.07, 6.45) is 32.7. The number of carbonyl (C=O) groups excluding carboxylic acids is 1. The molecule has 1 fully saturated rings. The van der Waals surface area contributed by atoms with Crippen LogP contribution in [0.3, 0.4) is 0 Å². The number of aliphatic hydroxyl groups excluding tert-OH is 7. The molecule has 0 saturated carbocycles. The van der Waals surface area contributed by atoms with Crippen molar-refractivity contribution in [1.82, 2.24) is 5.32 Å². The van der Waals surface area contributed by atoms with Gasteiger partial charge >= 0.3 is 0 Å². The highest BCUT2D eigenvalue weighted by Gasteiger charge is 2.44. The maximum Gasteiger partial charge on any atom is 0.249 e. The first-order chi connectivity index (χ1) is 29.2. The van der Waals surface area contributed by atoms with E-state index in [9.17, 15) is 40.5 Å². The van der Waals surface area contributed by atoms with Crippen LogP contribution in [0.4, 0.5) is 0 Å². The summed E-state index contributed by atoms with van der Waals surface area (Å²) < 4.78 is 11.0. The smallest absolute Gasteiger partial charge is 0.249 e. The number of carbonyl (C=O) groups is 1. The molecule has 1 heterocycles. The highest BCUT2D eigenvalue weighted by atomic mass is 16.7. The third-order valence-corrected chi connectivity index (χ3v) is 12.0. The first-order valence-electron chi connectivity index (χ1n) is 24.7. The molecular weight excluding hydrogens is 763 g/mol. The largest absolute Gasteiger partial charge is 0.394 e. The predicted molar refractivity (Wildman–Crippen MR) is 242 cm³/mol. The van der Waals surface area contributed by atoms with Gasteiger partial charge in [-0.3, -0.25) is 4.79 Å². The van der Waals surface area contributed by atoms with Gasteiger partial charge in [0.2, 0.25) is 5.91 Å². The molecule has 1 aliphatic rings. The van der Waals surface area contributed by atoms with E-state index in [0.29, 0.717) is 19.3 Å². The van der Waals surface area contributed by atoms with Gasteiger partial charge in [0.05, 0.1) is 25.4 Å². The highest BCUT2D eigenvalue weighted by molar-refractivity contribution is 5.80. The van der Waals surface area contributed by atoms with Gasteiger partial charge in [0, 0.05) is 0 Å². The number of aliphatic hydroxyl groups is 7. The molecule has 0 aromatic heterocycles. The maximum atomic E-state index is 13.0. The summed E-state index contributed by atoms with van der Waals surface area (Å²) in [7, 11) is 0. The molecule has 11 heteroatoms. The van der Waals surface area contributed by atoms with Crippen molar-refractivity contribution in [2.45, 2.75) is 268 Å². The zero-order valence-electron chi connectivity index (χ0n) is 38.2. The fourth-order valence-corrected chi connectivity index (χ4v) is 7.87. The molecule has 1 amide bonds.